The molecule has 26 heavy (non-hydrogen) atoms. The second-order valence-corrected chi connectivity index (χ2v) is 7.71. The van der Waals surface area contributed by atoms with Crippen LogP contribution in [0.4, 0.5) is 0 Å². The number of nitrogens with one attached hydrogen (secondary N) is 1. The maximum Gasteiger partial charge on any atom is 0.285 e. The van der Waals surface area contributed by atoms with Crippen LogP contribution in [0.2, 0.25) is 0 Å². The number of benzene rings is 2. The van der Waals surface area contributed by atoms with Crippen molar-refractivity contribution in [1.82, 2.24) is 10.4 Å². The molecular formula is C18H13BrN2O3S2. The molecule has 8 heteroatoms. The number of halogens is 1. The lowest BCUT2D eigenvalue weighted by Crippen LogP contribution is -2.44. The van der Waals surface area contributed by atoms with E-state index in [4.69, 9.17) is 17.0 Å². The summed E-state index contributed by atoms with van der Waals surface area (Å²) < 4.78 is 6.19. The first-order chi connectivity index (χ1) is 12.5. The number of hydrogen-bond acceptors (Lipinski definition) is 5. The van der Waals surface area contributed by atoms with Crippen LogP contribution in [0.3, 0.4) is 0 Å². The first-order valence-corrected chi connectivity index (χ1v) is 9.49. The summed E-state index contributed by atoms with van der Waals surface area (Å²) in [5.74, 6) is -0.159. The number of amides is 2. The van der Waals surface area contributed by atoms with Crippen LogP contribution in [0, 0.1) is 0 Å². The fourth-order valence-electron chi connectivity index (χ4n) is 2.30. The SMILES string of the molecule is COc1ccccc1/C=C1\SC(=S)N(NC(=O)c2ccccc2Br)C1=O. The summed E-state index contributed by atoms with van der Waals surface area (Å²) in [5.41, 5.74) is 3.73. The zero-order chi connectivity index (χ0) is 18.7. The van der Waals surface area contributed by atoms with Gasteiger partial charge in [0.05, 0.1) is 17.6 Å². The van der Waals surface area contributed by atoms with Crippen molar-refractivity contribution in [2.75, 3.05) is 7.11 Å². The molecule has 1 fully saturated rings. The number of thioether (sulfide) groups is 1. The van der Waals surface area contributed by atoms with Gasteiger partial charge in [0, 0.05) is 10.0 Å². The molecule has 1 N–H and O–H groups in total. The topological polar surface area (TPSA) is 58.6 Å². The molecule has 0 radical (unpaired) electrons. The Morgan fingerprint density at radius 2 is 1.92 bits per heavy atom. The van der Waals surface area contributed by atoms with Gasteiger partial charge in [0.15, 0.2) is 4.32 Å². The molecule has 1 saturated heterocycles. The molecule has 0 atom stereocenters. The Bertz CT molecular complexity index is 930. The number of hydrazine groups is 1. The van der Waals surface area contributed by atoms with Crippen molar-refractivity contribution in [3.8, 4) is 5.75 Å². The second kappa shape index (κ2) is 8.03. The van der Waals surface area contributed by atoms with Gasteiger partial charge in [-0.15, -0.1) is 0 Å². The first kappa shape index (κ1) is 18.6. The quantitative estimate of drug-likeness (QED) is 0.565. The fourth-order valence-corrected chi connectivity index (χ4v) is 3.93. The largest absolute Gasteiger partial charge is 0.496 e. The summed E-state index contributed by atoms with van der Waals surface area (Å²) in [7, 11) is 1.57. The van der Waals surface area contributed by atoms with Crippen LogP contribution in [0.5, 0.6) is 5.75 Å². The van der Waals surface area contributed by atoms with Crippen LogP contribution in [0.1, 0.15) is 15.9 Å². The van der Waals surface area contributed by atoms with Gasteiger partial charge < -0.3 is 4.74 Å². The Morgan fingerprint density at radius 1 is 1.23 bits per heavy atom. The Hall–Kier alpha value is -2.16. The lowest BCUT2D eigenvalue weighted by Gasteiger charge is -2.16. The normalized spacial score (nSPS) is 15.5. The average molecular weight is 449 g/mol. The van der Waals surface area contributed by atoms with Gasteiger partial charge in [0.1, 0.15) is 5.75 Å². The predicted molar refractivity (Wildman–Crippen MR) is 110 cm³/mol. The van der Waals surface area contributed by atoms with Crippen LogP contribution in [-0.2, 0) is 4.79 Å². The highest BCUT2D eigenvalue weighted by Gasteiger charge is 2.34. The molecular weight excluding hydrogens is 436 g/mol. The van der Waals surface area contributed by atoms with Crippen LogP contribution >= 0.6 is 39.9 Å². The molecule has 2 aromatic rings. The van der Waals surface area contributed by atoms with Crippen LogP contribution in [0.25, 0.3) is 6.08 Å². The molecule has 0 aliphatic carbocycles. The van der Waals surface area contributed by atoms with E-state index in [1.807, 2.05) is 18.2 Å². The van der Waals surface area contributed by atoms with E-state index in [1.165, 1.54) is 0 Å². The third-order valence-electron chi connectivity index (χ3n) is 3.55. The molecule has 5 nitrogen and oxygen atoms in total. The van der Waals surface area contributed by atoms with Crippen LogP contribution in [-0.4, -0.2) is 28.3 Å². The van der Waals surface area contributed by atoms with Crippen molar-refractivity contribution in [1.29, 1.82) is 0 Å². The lowest BCUT2D eigenvalue weighted by molar-refractivity contribution is -0.123. The fraction of sp³-hybridized carbons (Fsp3) is 0.0556. The summed E-state index contributed by atoms with van der Waals surface area (Å²) in [6, 6.07) is 14.3. The van der Waals surface area contributed by atoms with E-state index >= 15 is 0 Å². The Balaban J connectivity index is 1.82. The number of para-hydroxylation sites is 1. The number of methoxy groups -OCH3 is 1. The summed E-state index contributed by atoms with van der Waals surface area (Å²) >= 11 is 9.69. The van der Waals surface area contributed by atoms with Crippen LogP contribution < -0.4 is 10.2 Å². The molecule has 1 aliphatic rings. The van der Waals surface area contributed by atoms with E-state index in [1.54, 1.807) is 43.5 Å². The predicted octanol–water partition coefficient (Wildman–Crippen LogP) is 4.00. The molecule has 0 bridgehead atoms. The molecule has 1 aliphatic heterocycles. The van der Waals surface area contributed by atoms with Gasteiger partial charge in [0.2, 0.25) is 0 Å². The molecule has 1 heterocycles. The van der Waals surface area contributed by atoms with E-state index < -0.39 is 5.91 Å². The number of carbonyl (C=O) groups excluding carboxylic acids is 2. The van der Waals surface area contributed by atoms with Gasteiger partial charge in [0.25, 0.3) is 11.8 Å². The summed E-state index contributed by atoms with van der Waals surface area (Å²) in [6.45, 7) is 0. The van der Waals surface area contributed by atoms with E-state index in [9.17, 15) is 9.59 Å². The highest BCUT2D eigenvalue weighted by molar-refractivity contribution is 9.10. The minimum Gasteiger partial charge on any atom is -0.496 e. The third kappa shape index (κ3) is 3.82. The standard InChI is InChI=1S/C18H13BrN2O3S2/c1-24-14-9-5-2-6-11(14)10-15-17(23)21(18(25)26-15)20-16(22)12-7-3-4-8-13(12)19/h2-10H,1H3,(H,20,22)/b15-10-. The smallest absolute Gasteiger partial charge is 0.285 e. The van der Waals surface area contributed by atoms with Gasteiger partial charge >= 0.3 is 0 Å². The molecule has 132 valence electrons. The van der Waals surface area contributed by atoms with Crippen molar-refractivity contribution in [2.45, 2.75) is 0 Å². The maximum atomic E-state index is 12.7. The van der Waals surface area contributed by atoms with E-state index in [0.29, 0.717) is 20.7 Å². The number of ether oxygens (including phenoxy) is 1. The number of carbonyl (C=O) groups is 2. The van der Waals surface area contributed by atoms with Crippen molar-refractivity contribution in [3.05, 3.63) is 69.0 Å². The summed E-state index contributed by atoms with van der Waals surface area (Å²) in [6.07, 6.45) is 1.70. The van der Waals surface area contributed by atoms with Crippen LogP contribution in [0.15, 0.2) is 57.9 Å². The molecule has 3 rings (SSSR count). The van der Waals surface area contributed by atoms with Gasteiger partial charge in [-0.2, -0.15) is 5.01 Å². The van der Waals surface area contributed by atoms with E-state index in [2.05, 4.69) is 21.4 Å². The average Bonchev–Trinajstić information content (AvgIpc) is 2.90. The molecule has 0 spiro atoms. The third-order valence-corrected chi connectivity index (χ3v) is 5.54. The number of hydrogen-bond donors (Lipinski definition) is 1. The van der Waals surface area contributed by atoms with Gasteiger partial charge in [-0.25, -0.2) is 0 Å². The number of rotatable bonds is 4. The van der Waals surface area contributed by atoms with E-state index in [0.717, 1.165) is 22.3 Å². The first-order valence-electron chi connectivity index (χ1n) is 7.47. The number of nitrogens with zero attached hydrogens (tertiary/aromatic N) is 1. The van der Waals surface area contributed by atoms with Crippen molar-refractivity contribution in [3.63, 3.8) is 0 Å². The van der Waals surface area contributed by atoms with Crippen molar-refractivity contribution < 1.29 is 14.3 Å². The molecule has 2 aromatic carbocycles. The van der Waals surface area contributed by atoms with Crippen molar-refractivity contribution in [2.24, 2.45) is 0 Å². The van der Waals surface area contributed by atoms with Gasteiger partial charge in [-0.1, -0.05) is 42.1 Å². The van der Waals surface area contributed by atoms with E-state index in [-0.39, 0.29) is 10.2 Å². The Labute approximate surface area is 168 Å². The highest BCUT2D eigenvalue weighted by atomic mass is 79.9. The van der Waals surface area contributed by atoms with Gasteiger partial charge in [-0.05, 0) is 52.4 Å². The van der Waals surface area contributed by atoms with Crippen molar-refractivity contribution >= 4 is 62.1 Å². The molecule has 0 saturated carbocycles. The van der Waals surface area contributed by atoms with Gasteiger partial charge in [-0.3, -0.25) is 15.0 Å². The minimum atomic E-state index is -0.424. The second-order valence-electron chi connectivity index (χ2n) is 5.18. The Morgan fingerprint density at radius 3 is 2.65 bits per heavy atom. The lowest BCUT2D eigenvalue weighted by atomic mass is 10.2. The molecule has 0 aromatic heterocycles. The molecule has 2 amide bonds. The minimum absolute atomic E-state index is 0.261. The number of thiocarbonyl (C=S) groups is 1. The summed E-state index contributed by atoms with van der Waals surface area (Å²) in [4.78, 5) is 25.5. The Kier molecular flexibility index (Phi) is 5.75. The summed E-state index contributed by atoms with van der Waals surface area (Å²) in [5, 5.41) is 1.09. The highest BCUT2D eigenvalue weighted by Crippen LogP contribution is 2.33. The zero-order valence-corrected chi connectivity index (χ0v) is 16.8. The zero-order valence-electron chi connectivity index (χ0n) is 13.6. The molecule has 0 unspecified atom stereocenters. The monoisotopic (exact) mass is 448 g/mol. The maximum absolute atomic E-state index is 12.7.